The van der Waals surface area contributed by atoms with E-state index in [4.69, 9.17) is 0 Å². The van der Waals surface area contributed by atoms with Gasteiger partial charge >= 0.3 is 0 Å². The highest BCUT2D eigenvalue weighted by atomic mass is 32.2. The summed E-state index contributed by atoms with van der Waals surface area (Å²) < 4.78 is 26.9. The first kappa shape index (κ1) is 19.6. The lowest BCUT2D eigenvalue weighted by Crippen LogP contribution is -2.35. The molecule has 1 aromatic carbocycles. The highest BCUT2D eigenvalue weighted by Gasteiger charge is 2.26. The third-order valence-electron chi connectivity index (χ3n) is 4.29. The molecular formula is C18H27N3O3S. The smallest absolute Gasteiger partial charge is 0.267 e. The second-order valence-electron chi connectivity index (χ2n) is 6.38. The fourth-order valence-electron chi connectivity index (χ4n) is 2.75. The Morgan fingerprint density at radius 2 is 1.96 bits per heavy atom. The maximum Gasteiger partial charge on any atom is 0.271 e. The molecule has 138 valence electrons. The third kappa shape index (κ3) is 5.37. The van der Waals surface area contributed by atoms with Crippen molar-refractivity contribution >= 4 is 21.6 Å². The molecular weight excluding hydrogens is 338 g/mol. The number of benzene rings is 1. The lowest BCUT2D eigenvalue weighted by Gasteiger charge is -2.25. The zero-order valence-corrected chi connectivity index (χ0v) is 15.8. The van der Waals surface area contributed by atoms with Gasteiger partial charge in [-0.15, -0.1) is 0 Å². The molecule has 1 amide bonds. The number of rotatable bonds is 7. The van der Waals surface area contributed by atoms with E-state index in [1.807, 2.05) is 6.92 Å². The van der Waals surface area contributed by atoms with Crippen molar-refractivity contribution in [1.29, 1.82) is 0 Å². The van der Waals surface area contributed by atoms with Gasteiger partial charge in [0, 0.05) is 24.4 Å². The number of nitrogens with one attached hydrogen (secondary N) is 1. The van der Waals surface area contributed by atoms with Crippen molar-refractivity contribution in [3.63, 3.8) is 0 Å². The molecule has 0 bridgehead atoms. The molecule has 0 aliphatic carbocycles. The van der Waals surface area contributed by atoms with Crippen LogP contribution in [0.1, 0.15) is 62.7 Å². The van der Waals surface area contributed by atoms with Crippen LogP contribution in [0.2, 0.25) is 0 Å². The summed E-state index contributed by atoms with van der Waals surface area (Å²) in [5.74, 6) is -0.397. The van der Waals surface area contributed by atoms with Crippen LogP contribution in [-0.2, 0) is 10.0 Å². The van der Waals surface area contributed by atoms with E-state index in [1.165, 1.54) is 16.4 Å². The van der Waals surface area contributed by atoms with Gasteiger partial charge in [0.25, 0.3) is 5.91 Å². The molecule has 25 heavy (non-hydrogen) atoms. The van der Waals surface area contributed by atoms with E-state index in [0.29, 0.717) is 18.7 Å². The number of hydrogen-bond acceptors (Lipinski definition) is 4. The molecule has 0 unspecified atom stereocenters. The Hall–Kier alpha value is -1.73. The molecule has 0 radical (unpaired) electrons. The van der Waals surface area contributed by atoms with Crippen molar-refractivity contribution in [1.82, 2.24) is 9.73 Å². The SMILES string of the molecule is CCCC/C(C)=N\NC(=O)c1cccc(S(=O)(=O)N2CCCCC2)c1. The van der Waals surface area contributed by atoms with Crippen molar-refractivity contribution in [2.75, 3.05) is 13.1 Å². The van der Waals surface area contributed by atoms with Crippen LogP contribution in [0.25, 0.3) is 0 Å². The molecule has 1 aliphatic rings. The summed E-state index contributed by atoms with van der Waals surface area (Å²) in [5, 5.41) is 4.08. The largest absolute Gasteiger partial charge is 0.271 e. The van der Waals surface area contributed by atoms with E-state index in [2.05, 4.69) is 17.5 Å². The van der Waals surface area contributed by atoms with E-state index in [9.17, 15) is 13.2 Å². The van der Waals surface area contributed by atoms with Crippen molar-refractivity contribution in [2.45, 2.75) is 57.3 Å². The Bertz CT molecular complexity index is 723. The number of piperidine rings is 1. The first-order chi connectivity index (χ1) is 11.9. The number of hydrazone groups is 1. The number of hydrogen-bond donors (Lipinski definition) is 1. The van der Waals surface area contributed by atoms with Gasteiger partial charge in [0.15, 0.2) is 0 Å². The van der Waals surface area contributed by atoms with E-state index in [1.54, 1.807) is 12.1 Å². The topological polar surface area (TPSA) is 78.8 Å². The number of sulfonamides is 1. The molecule has 0 atom stereocenters. The average molecular weight is 365 g/mol. The molecule has 0 aromatic heterocycles. The van der Waals surface area contributed by atoms with Crippen LogP contribution >= 0.6 is 0 Å². The number of carbonyl (C=O) groups is 1. The molecule has 1 heterocycles. The number of amides is 1. The van der Waals surface area contributed by atoms with Crippen molar-refractivity contribution < 1.29 is 13.2 Å². The lowest BCUT2D eigenvalue weighted by atomic mass is 10.2. The standard InChI is InChI=1S/C18H27N3O3S/c1-3-4-9-15(2)19-20-18(22)16-10-8-11-17(14-16)25(23,24)21-12-6-5-7-13-21/h8,10-11,14H,3-7,9,12-13H2,1-2H3,(H,20,22)/b19-15-. The van der Waals surface area contributed by atoms with E-state index >= 15 is 0 Å². The zero-order chi connectivity index (χ0) is 18.3. The maximum atomic E-state index is 12.7. The Morgan fingerprint density at radius 1 is 1.24 bits per heavy atom. The van der Waals surface area contributed by atoms with Gasteiger partial charge in [-0.05, 0) is 50.8 Å². The van der Waals surface area contributed by atoms with Crippen LogP contribution in [-0.4, -0.2) is 37.4 Å². The fourth-order valence-corrected chi connectivity index (χ4v) is 4.31. The summed E-state index contributed by atoms with van der Waals surface area (Å²) >= 11 is 0. The van der Waals surface area contributed by atoms with Crippen LogP contribution in [0.4, 0.5) is 0 Å². The summed E-state index contributed by atoms with van der Waals surface area (Å²) in [6.07, 6.45) is 5.74. The minimum absolute atomic E-state index is 0.161. The Kier molecular flexibility index (Phi) is 7.13. The minimum atomic E-state index is -3.54. The average Bonchev–Trinajstić information content (AvgIpc) is 2.65. The summed E-state index contributed by atoms with van der Waals surface area (Å²) in [4.78, 5) is 12.4. The van der Waals surface area contributed by atoms with Gasteiger partial charge in [-0.1, -0.05) is 25.8 Å². The second kappa shape index (κ2) is 9.10. The number of nitrogens with zero attached hydrogens (tertiary/aromatic N) is 2. The Labute approximate surface area is 150 Å². The van der Waals surface area contributed by atoms with Crippen molar-refractivity contribution in [2.24, 2.45) is 5.10 Å². The van der Waals surface area contributed by atoms with E-state index in [0.717, 1.165) is 44.2 Å². The molecule has 1 aliphatic heterocycles. The quantitative estimate of drug-likeness (QED) is 0.595. The fraction of sp³-hybridized carbons (Fsp3) is 0.556. The molecule has 1 fully saturated rings. The van der Waals surface area contributed by atoms with Crippen LogP contribution in [0.5, 0.6) is 0 Å². The number of unbranched alkanes of at least 4 members (excludes halogenated alkanes) is 1. The van der Waals surface area contributed by atoms with Gasteiger partial charge in [-0.25, -0.2) is 13.8 Å². The monoisotopic (exact) mass is 365 g/mol. The van der Waals surface area contributed by atoms with Crippen LogP contribution in [0.15, 0.2) is 34.3 Å². The summed E-state index contributed by atoms with van der Waals surface area (Å²) in [5.41, 5.74) is 3.66. The van der Waals surface area contributed by atoms with Gasteiger partial charge in [-0.3, -0.25) is 4.79 Å². The molecule has 1 saturated heterocycles. The van der Waals surface area contributed by atoms with E-state index in [-0.39, 0.29) is 4.90 Å². The Balaban J connectivity index is 2.11. The number of carbonyl (C=O) groups excluding carboxylic acids is 1. The van der Waals surface area contributed by atoms with Crippen LogP contribution in [0.3, 0.4) is 0 Å². The van der Waals surface area contributed by atoms with Gasteiger partial charge < -0.3 is 0 Å². The van der Waals surface area contributed by atoms with Crippen LogP contribution in [0, 0.1) is 0 Å². The van der Waals surface area contributed by atoms with E-state index < -0.39 is 15.9 Å². The third-order valence-corrected chi connectivity index (χ3v) is 6.18. The van der Waals surface area contributed by atoms with Crippen molar-refractivity contribution in [3.8, 4) is 0 Å². The summed E-state index contributed by atoms with van der Waals surface area (Å²) in [7, 11) is -3.54. The lowest BCUT2D eigenvalue weighted by molar-refractivity contribution is 0.0954. The van der Waals surface area contributed by atoms with Gasteiger partial charge in [0.2, 0.25) is 10.0 Å². The van der Waals surface area contributed by atoms with Crippen LogP contribution < -0.4 is 5.43 Å². The molecule has 1 aromatic rings. The Morgan fingerprint density at radius 3 is 2.64 bits per heavy atom. The minimum Gasteiger partial charge on any atom is -0.267 e. The highest BCUT2D eigenvalue weighted by molar-refractivity contribution is 7.89. The molecule has 2 rings (SSSR count). The maximum absolute atomic E-state index is 12.7. The van der Waals surface area contributed by atoms with Gasteiger partial charge in [0.05, 0.1) is 4.90 Å². The molecule has 7 heteroatoms. The molecule has 1 N–H and O–H groups in total. The molecule has 6 nitrogen and oxygen atoms in total. The first-order valence-corrected chi connectivity index (χ1v) is 10.3. The highest BCUT2D eigenvalue weighted by Crippen LogP contribution is 2.21. The van der Waals surface area contributed by atoms with Gasteiger partial charge in [0.1, 0.15) is 0 Å². The predicted molar refractivity (Wildman–Crippen MR) is 99.2 cm³/mol. The molecule has 0 saturated carbocycles. The van der Waals surface area contributed by atoms with Gasteiger partial charge in [-0.2, -0.15) is 9.41 Å². The predicted octanol–water partition coefficient (Wildman–Crippen LogP) is 3.16. The zero-order valence-electron chi connectivity index (χ0n) is 15.0. The normalized spacial score (nSPS) is 16.6. The molecule has 0 spiro atoms. The second-order valence-corrected chi connectivity index (χ2v) is 8.32. The van der Waals surface area contributed by atoms with Crippen molar-refractivity contribution in [3.05, 3.63) is 29.8 Å². The first-order valence-electron chi connectivity index (χ1n) is 8.89. The summed E-state index contributed by atoms with van der Waals surface area (Å²) in [6.45, 7) is 5.05. The summed E-state index contributed by atoms with van der Waals surface area (Å²) in [6, 6.07) is 6.16.